The molecule has 0 saturated heterocycles. The second kappa shape index (κ2) is 10.7. The molecule has 0 saturated carbocycles. The molecule has 0 radical (unpaired) electrons. The number of nitrogens with zero attached hydrogens (tertiary/aromatic N) is 1. The number of methoxy groups -OCH3 is 1. The van der Waals surface area contributed by atoms with Crippen molar-refractivity contribution in [2.75, 3.05) is 20.3 Å². The largest absolute Gasteiger partial charge is 0.490 e. The van der Waals surface area contributed by atoms with E-state index >= 15 is 0 Å². The first-order valence-electron chi connectivity index (χ1n) is 10.8. The van der Waals surface area contributed by atoms with E-state index in [1.165, 1.54) is 7.11 Å². The minimum absolute atomic E-state index is 0.240. The van der Waals surface area contributed by atoms with Crippen LogP contribution in [0.25, 0.3) is 6.08 Å². The van der Waals surface area contributed by atoms with Crippen molar-refractivity contribution in [3.63, 3.8) is 0 Å². The summed E-state index contributed by atoms with van der Waals surface area (Å²) in [5.41, 5.74) is 2.86. The van der Waals surface area contributed by atoms with Crippen molar-refractivity contribution in [2.45, 2.75) is 33.7 Å². The topological polar surface area (TPSA) is 65.1 Å². The summed E-state index contributed by atoms with van der Waals surface area (Å²) in [4.78, 5) is 27.5. The van der Waals surface area contributed by atoms with Crippen molar-refractivity contribution in [1.29, 1.82) is 0 Å². The summed E-state index contributed by atoms with van der Waals surface area (Å²) in [6.45, 7) is 7.15. The Labute approximate surface area is 189 Å². The predicted molar refractivity (Wildman–Crippen MR) is 123 cm³/mol. The lowest BCUT2D eigenvalue weighted by atomic mass is 10.0. The number of ether oxygens (including phenoxy) is 3. The zero-order valence-corrected chi connectivity index (χ0v) is 19.0. The molecule has 1 aliphatic heterocycles. The van der Waals surface area contributed by atoms with Crippen molar-refractivity contribution in [1.82, 2.24) is 4.90 Å². The van der Waals surface area contributed by atoms with Gasteiger partial charge in [0.25, 0.3) is 5.91 Å². The summed E-state index contributed by atoms with van der Waals surface area (Å²) in [6, 6.07) is 15.1. The maximum Gasteiger partial charge on any atom is 0.340 e. The van der Waals surface area contributed by atoms with Gasteiger partial charge in [-0.25, -0.2) is 4.79 Å². The Balaban J connectivity index is 2.00. The molecular formula is C26H29NO5. The second-order valence-corrected chi connectivity index (χ2v) is 7.37. The van der Waals surface area contributed by atoms with Crippen molar-refractivity contribution in [3.8, 4) is 11.5 Å². The Morgan fingerprint density at radius 3 is 2.44 bits per heavy atom. The second-order valence-electron chi connectivity index (χ2n) is 7.37. The van der Waals surface area contributed by atoms with Gasteiger partial charge in [0, 0.05) is 5.70 Å². The molecule has 1 heterocycles. The molecule has 0 unspecified atom stereocenters. The minimum Gasteiger partial charge on any atom is -0.490 e. The number of rotatable bonds is 9. The molecule has 32 heavy (non-hydrogen) atoms. The van der Waals surface area contributed by atoms with E-state index in [0.717, 1.165) is 17.5 Å². The van der Waals surface area contributed by atoms with Gasteiger partial charge in [-0.05, 0) is 49.6 Å². The number of amides is 1. The van der Waals surface area contributed by atoms with Gasteiger partial charge in [-0.15, -0.1) is 0 Å². The van der Waals surface area contributed by atoms with Crippen LogP contribution in [0, 0.1) is 0 Å². The Morgan fingerprint density at radius 2 is 1.78 bits per heavy atom. The predicted octanol–water partition coefficient (Wildman–Crippen LogP) is 4.75. The van der Waals surface area contributed by atoms with Crippen LogP contribution in [0.5, 0.6) is 11.5 Å². The van der Waals surface area contributed by atoms with Gasteiger partial charge in [0.2, 0.25) is 0 Å². The molecule has 0 spiro atoms. The SMILES string of the molecule is CCCOc1ccc(/C=C2\C(=O)N(Cc3ccccc3)C(C)=C2C(=O)OC)cc1OCC. The third-order valence-corrected chi connectivity index (χ3v) is 5.12. The van der Waals surface area contributed by atoms with E-state index in [1.54, 1.807) is 17.9 Å². The average molecular weight is 436 g/mol. The maximum absolute atomic E-state index is 13.3. The van der Waals surface area contributed by atoms with Crippen LogP contribution >= 0.6 is 0 Å². The monoisotopic (exact) mass is 435 g/mol. The lowest BCUT2D eigenvalue weighted by molar-refractivity contribution is -0.136. The van der Waals surface area contributed by atoms with Crippen LogP contribution in [0.1, 0.15) is 38.3 Å². The highest BCUT2D eigenvalue weighted by Gasteiger charge is 2.37. The molecule has 6 heteroatoms. The summed E-state index contributed by atoms with van der Waals surface area (Å²) in [5, 5.41) is 0. The molecule has 2 aromatic rings. The van der Waals surface area contributed by atoms with Crippen molar-refractivity contribution in [2.24, 2.45) is 0 Å². The van der Waals surface area contributed by atoms with Gasteiger partial charge < -0.3 is 19.1 Å². The van der Waals surface area contributed by atoms with Crippen molar-refractivity contribution in [3.05, 3.63) is 76.5 Å². The van der Waals surface area contributed by atoms with Crippen LogP contribution in [0.2, 0.25) is 0 Å². The van der Waals surface area contributed by atoms with Crippen LogP contribution in [0.3, 0.4) is 0 Å². The van der Waals surface area contributed by atoms with Crippen LogP contribution in [0.4, 0.5) is 0 Å². The highest BCUT2D eigenvalue weighted by molar-refractivity contribution is 6.16. The zero-order valence-electron chi connectivity index (χ0n) is 19.0. The smallest absolute Gasteiger partial charge is 0.340 e. The zero-order chi connectivity index (χ0) is 23.1. The van der Waals surface area contributed by atoms with Crippen LogP contribution in [-0.2, 0) is 20.9 Å². The number of hydrogen-bond donors (Lipinski definition) is 0. The molecule has 0 aliphatic carbocycles. The summed E-state index contributed by atoms with van der Waals surface area (Å²) >= 11 is 0. The number of allylic oxidation sites excluding steroid dienone is 1. The minimum atomic E-state index is -0.536. The maximum atomic E-state index is 13.3. The lowest BCUT2D eigenvalue weighted by Crippen LogP contribution is -2.24. The summed E-state index contributed by atoms with van der Waals surface area (Å²) in [6.07, 6.45) is 2.59. The van der Waals surface area contributed by atoms with E-state index < -0.39 is 5.97 Å². The van der Waals surface area contributed by atoms with E-state index in [1.807, 2.05) is 62.4 Å². The highest BCUT2D eigenvalue weighted by atomic mass is 16.5. The van der Waals surface area contributed by atoms with E-state index in [9.17, 15) is 9.59 Å². The van der Waals surface area contributed by atoms with Crippen LogP contribution in [-0.4, -0.2) is 37.1 Å². The fourth-order valence-electron chi connectivity index (χ4n) is 3.57. The quantitative estimate of drug-likeness (QED) is 0.420. The van der Waals surface area contributed by atoms with Crippen LogP contribution < -0.4 is 9.47 Å². The van der Waals surface area contributed by atoms with Crippen LogP contribution in [0.15, 0.2) is 65.4 Å². The highest BCUT2D eigenvalue weighted by Crippen LogP contribution is 2.35. The molecule has 0 aromatic heterocycles. The Hall–Kier alpha value is -3.54. The lowest BCUT2D eigenvalue weighted by Gasteiger charge is -2.17. The molecule has 6 nitrogen and oxygen atoms in total. The van der Waals surface area contributed by atoms with Gasteiger partial charge >= 0.3 is 5.97 Å². The van der Waals surface area contributed by atoms with Gasteiger partial charge in [-0.2, -0.15) is 0 Å². The van der Waals surface area contributed by atoms with E-state index in [2.05, 4.69) is 0 Å². The van der Waals surface area contributed by atoms with Crippen molar-refractivity contribution >= 4 is 18.0 Å². The molecule has 3 rings (SSSR count). The summed E-state index contributed by atoms with van der Waals surface area (Å²) in [5.74, 6) is 0.475. The first-order valence-corrected chi connectivity index (χ1v) is 10.8. The molecular weight excluding hydrogens is 406 g/mol. The molecule has 1 aliphatic rings. The number of carbonyl (C=O) groups excluding carboxylic acids is 2. The molecule has 168 valence electrons. The number of benzene rings is 2. The summed E-state index contributed by atoms with van der Waals surface area (Å²) < 4.78 is 16.5. The Morgan fingerprint density at radius 1 is 1.03 bits per heavy atom. The Kier molecular flexibility index (Phi) is 7.71. The number of esters is 1. The molecule has 0 fully saturated rings. The molecule has 0 atom stereocenters. The average Bonchev–Trinajstić information content (AvgIpc) is 3.03. The van der Waals surface area contributed by atoms with Gasteiger partial charge in [0.15, 0.2) is 11.5 Å². The molecule has 0 N–H and O–H groups in total. The fourth-order valence-corrected chi connectivity index (χ4v) is 3.57. The van der Waals surface area contributed by atoms with Gasteiger partial charge in [-0.1, -0.05) is 43.3 Å². The van der Waals surface area contributed by atoms with Gasteiger partial charge in [0.1, 0.15) is 0 Å². The standard InChI is InChI=1S/C26H29NO5/c1-5-14-32-22-13-12-20(16-23(22)31-6-2)15-21-24(26(29)30-4)18(3)27(25(21)28)17-19-10-8-7-9-11-19/h7-13,15-16H,5-6,14,17H2,1-4H3/b21-15-. The summed E-state index contributed by atoms with van der Waals surface area (Å²) in [7, 11) is 1.32. The third-order valence-electron chi connectivity index (χ3n) is 5.12. The number of hydrogen-bond acceptors (Lipinski definition) is 5. The third kappa shape index (κ3) is 5.02. The molecule has 2 aromatic carbocycles. The molecule has 1 amide bonds. The van der Waals surface area contributed by atoms with E-state index in [0.29, 0.717) is 42.5 Å². The van der Waals surface area contributed by atoms with E-state index in [-0.39, 0.29) is 11.5 Å². The van der Waals surface area contributed by atoms with Crippen molar-refractivity contribution < 1.29 is 23.8 Å². The first kappa shape index (κ1) is 23.1. The number of carbonyl (C=O) groups is 2. The van der Waals surface area contributed by atoms with E-state index in [4.69, 9.17) is 14.2 Å². The molecule has 0 bridgehead atoms. The van der Waals surface area contributed by atoms with Gasteiger partial charge in [0.05, 0.1) is 38.0 Å². The normalized spacial score (nSPS) is 14.8. The van der Waals surface area contributed by atoms with Gasteiger partial charge in [-0.3, -0.25) is 4.79 Å². The fraction of sp³-hybridized carbons (Fsp3) is 0.308. The Bertz CT molecular complexity index is 1040. The first-order chi connectivity index (χ1) is 15.5.